The first-order chi connectivity index (χ1) is 13.1. The van der Waals surface area contributed by atoms with Crippen LogP contribution in [0.25, 0.3) is 0 Å². The minimum Gasteiger partial charge on any atom is -0.404 e. The third-order valence-electron chi connectivity index (χ3n) is 8.45. The molecule has 0 unspecified atom stereocenters. The number of hydrogen-bond donors (Lipinski definition) is 0. The van der Waals surface area contributed by atoms with Crippen LogP contribution in [0, 0.1) is 16.7 Å². The van der Waals surface area contributed by atoms with Crippen LogP contribution >= 0.6 is 0 Å². The first-order valence-corrected chi connectivity index (χ1v) is 12.8. The lowest BCUT2D eigenvalue weighted by Crippen LogP contribution is -2.68. The molecule has 0 aliphatic heterocycles. The molecule has 0 saturated heterocycles. The van der Waals surface area contributed by atoms with Gasteiger partial charge in [0, 0.05) is 0 Å². The van der Waals surface area contributed by atoms with E-state index in [2.05, 4.69) is 102 Å². The van der Waals surface area contributed by atoms with Gasteiger partial charge in [-0.15, -0.1) is 0 Å². The van der Waals surface area contributed by atoms with Crippen molar-refractivity contribution in [1.82, 2.24) is 0 Å². The largest absolute Gasteiger partial charge is 0.404 e. The lowest BCUT2D eigenvalue weighted by atomic mass is 9.70. The average Bonchev–Trinajstić information content (AvgIpc) is 3.00. The van der Waals surface area contributed by atoms with E-state index in [9.17, 15) is 0 Å². The Bertz CT molecular complexity index is 781. The Kier molecular flexibility index (Phi) is 4.67. The molecule has 0 heterocycles. The van der Waals surface area contributed by atoms with Crippen LogP contribution in [-0.2, 0) is 4.43 Å². The van der Waals surface area contributed by atoms with Crippen LogP contribution in [0.5, 0.6) is 0 Å². The van der Waals surface area contributed by atoms with Crippen molar-refractivity contribution >= 4 is 18.7 Å². The fraction of sp³-hybridized carbons (Fsp3) is 0.538. The van der Waals surface area contributed by atoms with Crippen LogP contribution in [0.1, 0.15) is 60.8 Å². The molecular weight excluding hydrogens is 356 g/mol. The van der Waals surface area contributed by atoms with Crippen LogP contribution in [0.3, 0.4) is 0 Å². The quantitative estimate of drug-likeness (QED) is 0.600. The van der Waals surface area contributed by atoms with E-state index in [-0.39, 0.29) is 10.5 Å². The second-order valence-electron chi connectivity index (χ2n) is 10.9. The monoisotopic (exact) mass is 392 g/mol. The van der Waals surface area contributed by atoms with Crippen molar-refractivity contribution < 1.29 is 4.43 Å². The van der Waals surface area contributed by atoms with Crippen LogP contribution in [-0.4, -0.2) is 14.4 Å². The van der Waals surface area contributed by atoms with Gasteiger partial charge in [0.05, 0.1) is 6.10 Å². The van der Waals surface area contributed by atoms with Gasteiger partial charge in [-0.25, -0.2) is 0 Å². The van der Waals surface area contributed by atoms with E-state index in [1.165, 1.54) is 29.6 Å². The molecule has 0 spiro atoms. The molecule has 0 aromatic heterocycles. The maximum absolute atomic E-state index is 7.55. The maximum atomic E-state index is 7.55. The Balaban J connectivity index is 1.87. The molecule has 3 atom stereocenters. The summed E-state index contributed by atoms with van der Waals surface area (Å²) in [4.78, 5) is 0. The maximum Gasteiger partial charge on any atom is 0.261 e. The van der Waals surface area contributed by atoms with Crippen molar-refractivity contribution in [3.8, 4) is 0 Å². The molecule has 2 aromatic carbocycles. The van der Waals surface area contributed by atoms with E-state index >= 15 is 0 Å². The van der Waals surface area contributed by atoms with E-state index in [0.717, 1.165) is 5.92 Å². The molecule has 150 valence electrons. The van der Waals surface area contributed by atoms with Crippen LogP contribution in [0.15, 0.2) is 60.7 Å². The zero-order valence-electron chi connectivity index (χ0n) is 18.5. The van der Waals surface area contributed by atoms with Gasteiger partial charge in [-0.2, -0.15) is 0 Å². The molecule has 2 saturated carbocycles. The zero-order valence-corrected chi connectivity index (χ0v) is 19.5. The van der Waals surface area contributed by atoms with Gasteiger partial charge in [0.2, 0.25) is 0 Å². The molecule has 2 fully saturated rings. The number of rotatable bonds is 4. The van der Waals surface area contributed by atoms with Gasteiger partial charge in [-0.05, 0) is 51.4 Å². The molecular formula is C26H36OSi. The summed E-state index contributed by atoms with van der Waals surface area (Å²) in [5.74, 6) is 0.792. The Labute approximate surface area is 172 Å². The second-order valence-corrected chi connectivity index (χ2v) is 15.1. The fourth-order valence-corrected chi connectivity index (χ4v) is 11.0. The molecule has 2 heteroatoms. The smallest absolute Gasteiger partial charge is 0.261 e. The topological polar surface area (TPSA) is 9.23 Å². The summed E-state index contributed by atoms with van der Waals surface area (Å²) in [7, 11) is -2.46. The van der Waals surface area contributed by atoms with Crippen LogP contribution < -0.4 is 10.4 Å². The summed E-state index contributed by atoms with van der Waals surface area (Å²) in [5, 5.41) is 2.86. The molecule has 28 heavy (non-hydrogen) atoms. The third kappa shape index (κ3) is 2.68. The van der Waals surface area contributed by atoms with Crippen LogP contribution in [0.2, 0.25) is 5.04 Å². The van der Waals surface area contributed by atoms with E-state index < -0.39 is 8.32 Å². The van der Waals surface area contributed by atoms with E-state index in [4.69, 9.17) is 4.43 Å². The van der Waals surface area contributed by atoms with Gasteiger partial charge in [0.15, 0.2) is 0 Å². The molecule has 2 aliphatic rings. The van der Waals surface area contributed by atoms with Crippen molar-refractivity contribution in [2.75, 3.05) is 0 Å². The highest BCUT2D eigenvalue weighted by Crippen LogP contribution is 2.66. The molecule has 0 N–H and O–H groups in total. The summed E-state index contributed by atoms with van der Waals surface area (Å²) in [6.45, 7) is 14.6. The first kappa shape index (κ1) is 19.9. The van der Waals surface area contributed by atoms with Crippen molar-refractivity contribution in [2.45, 2.75) is 71.9 Å². The van der Waals surface area contributed by atoms with E-state index in [0.29, 0.717) is 11.5 Å². The van der Waals surface area contributed by atoms with Gasteiger partial charge in [-0.3, -0.25) is 0 Å². The first-order valence-electron chi connectivity index (χ1n) is 10.9. The molecule has 2 aromatic rings. The van der Waals surface area contributed by atoms with Gasteiger partial charge >= 0.3 is 0 Å². The molecule has 0 amide bonds. The highest BCUT2D eigenvalue weighted by atomic mass is 28.4. The van der Waals surface area contributed by atoms with E-state index in [1.54, 1.807) is 0 Å². The van der Waals surface area contributed by atoms with Gasteiger partial charge < -0.3 is 4.43 Å². The fourth-order valence-electron chi connectivity index (χ4n) is 6.21. The summed E-state index contributed by atoms with van der Waals surface area (Å²) in [6.07, 6.45) is 4.22. The normalized spacial score (nSPS) is 29.2. The molecule has 2 bridgehead atoms. The Morgan fingerprint density at radius 2 is 1.36 bits per heavy atom. The van der Waals surface area contributed by atoms with Crippen molar-refractivity contribution in [3.05, 3.63) is 60.7 Å². The Morgan fingerprint density at radius 1 is 0.857 bits per heavy atom. The predicted molar refractivity (Wildman–Crippen MR) is 122 cm³/mol. The summed E-state index contributed by atoms with van der Waals surface area (Å²) >= 11 is 0. The Hall–Kier alpha value is -1.38. The van der Waals surface area contributed by atoms with Gasteiger partial charge in [0.1, 0.15) is 0 Å². The van der Waals surface area contributed by atoms with Crippen LogP contribution in [0.4, 0.5) is 0 Å². The summed E-state index contributed by atoms with van der Waals surface area (Å²) in [5.41, 5.74) is 0.633. The highest BCUT2D eigenvalue weighted by Gasteiger charge is 2.64. The molecule has 0 radical (unpaired) electrons. The van der Waals surface area contributed by atoms with Crippen molar-refractivity contribution in [2.24, 2.45) is 16.7 Å². The highest BCUT2D eigenvalue weighted by molar-refractivity contribution is 6.99. The van der Waals surface area contributed by atoms with Crippen molar-refractivity contribution in [1.29, 1.82) is 0 Å². The van der Waals surface area contributed by atoms with Gasteiger partial charge in [0.25, 0.3) is 8.32 Å². The lowest BCUT2D eigenvalue weighted by molar-refractivity contribution is 0.0236. The number of fused-ring (bicyclic) bond motifs is 2. The third-order valence-corrected chi connectivity index (χ3v) is 13.5. The SMILES string of the molecule is CC1(C)[C@H]2CC[C@]1(C)[C@H](O[Si](c1ccccc1)(c1ccccc1)C(C)(C)C)C2. The average molecular weight is 393 g/mol. The number of hydrogen-bond acceptors (Lipinski definition) is 1. The van der Waals surface area contributed by atoms with E-state index in [1.807, 2.05) is 0 Å². The summed E-state index contributed by atoms with van der Waals surface area (Å²) < 4.78 is 7.55. The lowest BCUT2D eigenvalue weighted by Gasteiger charge is -2.49. The predicted octanol–water partition coefficient (Wildman–Crippen LogP) is 5.78. The standard InChI is InChI=1S/C26H36OSi/c1-24(2,3)28(21-13-9-7-10-14-21,22-15-11-8-12-16-22)27-23-19-20-17-18-26(23,6)25(20,4)5/h7-16,20,23H,17-19H2,1-6H3/t20-,23+,26+/m0/s1. The van der Waals surface area contributed by atoms with Crippen molar-refractivity contribution in [3.63, 3.8) is 0 Å². The molecule has 4 rings (SSSR count). The Morgan fingerprint density at radius 3 is 1.71 bits per heavy atom. The minimum absolute atomic E-state index is 0.0536. The summed E-state index contributed by atoms with van der Waals surface area (Å²) in [6, 6.07) is 22.2. The van der Waals surface area contributed by atoms with Gasteiger partial charge in [-0.1, -0.05) is 102 Å². The zero-order chi connectivity index (χ0) is 20.2. The minimum atomic E-state index is -2.46. The molecule has 2 aliphatic carbocycles. The second kappa shape index (κ2) is 6.57. The number of benzene rings is 2. The molecule has 1 nitrogen and oxygen atoms in total.